The molecule has 0 spiro atoms. The molecule has 1 aromatic heterocycles. The molecule has 1 heterocycles. The Bertz CT molecular complexity index is 710. The molecule has 0 aliphatic heterocycles. The number of thiazole rings is 1. The van der Waals surface area contributed by atoms with E-state index in [-0.39, 0.29) is 17.4 Å². The number of nitrogens with zero attached hydrogens (tertiary/aromatic N) is 1. The molecule has 2 aromatic rings. The molecule has 1 aromatic carbocycles. The first-order valence-electron chi connectivity index (χ1n) is 7.41. The summed E-state index contributed by atoms with van der Waals surface area (Å²) >= 11 is 2.91. The molecule has 25 heavy (non-hydrogen) atoms. The predicted octanol–water partition coefficient (Wildman–Crippen LogP) is 3.51. The van der Waals surface area contributed by atoms with Crippen molar-refractivity contribution in [2.75, 3.05) is 19.4 Å². The molecule has 0 radical (unpaired) electrons. The van der Waals surface area contributed by atoms with Crippen LogP contribution in [0.15, 0.2) is 27.9 Å². The summed E-state index contributed by atoms with van der Waals surface area (Å²) in [7, 11) is 1.39. The molecule has 136 valence electrons. The van der Waals surface area contributed by atoms with Gasteiger partial charge in [-0.05, 0) is 31.0 Å². The molecule has 0 atom stereocenters. The van der Waals surface area contributed by atoms with E-state index in [1.165, 1.54) is 36.3 Å². The topological polar surface area (TPSA) is 60.5 Å². The van der Waals surface area contributed by atoms with Crippen molar-refractivity contribution in [3.8, 4) is 11.5 Å². The first-order valence-corrected chi connectivity index (χ1v) is 9.28. The summed E-state index contributed by atoms with van der Waals surface area (Å²) in [4.78, 5) is 16.1. The van der Waals surface area contributed by atoms with Gasteiger partial charge in [0.2, 0.25) is 5.91 Å². The molecule has 0 aliphatic carbocycles. The number of methoxy groups -OCH3 is 1. The number of ether oxygens (including phenoxy) is 2. The molecular weight excluding hydrogens is 370 g/mol. The molecule has 0 unspecified atom stereocenters. The van der Waals surface area contributed by atoms with E-state index in [9.17, 15) is 13.6 Å². The second-order valence-corrected chi connectivity index (χ2v) is 7.09. The highest BCUT2D eigenvalue weighted by Gasteiger charge is 2.11. The van der Waals surface area contributed by atoms with Crippen molar-refractivity contribution in [3.63, 3.8) is 0 Å². The third-order valence-electron chi connectivity index (χ3n) is 3.10. The van der Waals surface area contributed by atoms with Gasteiger partial charge in [-0.2, -0.15) is 8.78 Å². The van der Waals surface area contributed by atoms with Crippen LogP contribution in [-0.4, -0.2) is 36.9 Å². The maximum Gasteiger partial charge on any atom is 0.387 e. The number of hydrogen-bond acceptors (Lipinski definition) is 6. The number of hydrogen-bond donors (Lipinski definition) is 1. The van der Waals surface area contributed by atoms with E-state index in [1.807, 2.05) is 12.3 Å². The van der Waals surface area contributed by atoms with Crippen LogP contribution < -0.4 is 14.8 Å². The van der Waals surface area contributed by atoms with E-state index in [0.717, 1.165) is 15.6 Å². The van der Waals surface area contributed by atoms with E-state index < -0.39 is 6.61 Å². The summed E-state index contributed by atoms with van der Waals surface area (Å²) in [5.74, 6) is 0.443. The van der Waals surface area contributed by atoms with E-state index >= 15 is 0 Å². The lowest BCUT2D eigenvalue weighted by atomic mass is 10.1. The van der Waals surface area contributed by atoms with Crippen LogP contribution in [0.1, 0.15) is 11.3 Å². The minimum Gasteiger partial charge on any atom is -0.493 e. The number of aromatic nitrogens is 1. The lowest BCUT2D eigenvalue weighted by Crippen LogP contribution is -2.27. The normalized spacial score (nSPS) is 10.8. The van der Waals surface area contributed by atoms with Crippen LogP contribution in [0.25, 0.3) is 0 Å². The number of alkyl halides is 2. The van der Waals surface area contributed by atoms with Gasteiger partial charge in [-0.1, -0.05) is 17.8 Å². The van der Waals surface area contributed by atoms with Crippen LogP contribution in [0.3, 0.4) is 0 Å². The fraction of sp³-hybridized carbons (Fsp3) is 0.375. The Kier molecular flexibility index (Phi) is 7.45. The number of amides is 1. The lowest BCUT2D eigenvalue weighted by Gasteiger charge is -2.11. The van der Waals surface area contributed by atoms with Gasteiger partial charge in [-0.3, -0.25) is 4.79 Å². The number of nitrogens with one attached hydrogen (secondary N) is 1. The third kappa shape index (κ3) is 6.50. The summed E-state index contributed by atoms with van der Waals surface area (Å²) in [6, 6.07) is 4.72. The zero-order valence-corrected chi connectivity index (χ0v) is 15.4. The monoisotopic (exact) mass is 388 g/mol. The number of benzene rings is 1. The SMILES string of the molecule is COc1cc(CCNC(=O)CSc2nc(C)cs2)ccc1OC(F)F. The molecule has 0 saturated carbocycles. The van der Waals surface area contributed by atoms with Gasteiger partial charge in [0.1, 0.15) is 0 Å². The number of carbonyl (C=O) groups excluding carboxylic acids is 1. The lowest BCUT2D eigenvalue weighted by molar-refractivity contribution is -0.118. The minimum absolute atomic E-state index is 0.0135. The second kappa shape index (κ2) is 9.57. The van der Waals surface area contributed by atoms with Crippen LogP contribution in [0.2, 0.25) is 0 Å². The maximum atomic E-state index is 12.3. The Morgan fingerprint density at radius 2 is 2.20 bits per heavy atom. The van der Waals surface area contributed by atoms with Crippen LogP contribution in [0, 0.1) is 6.92 Å². The summed E-state index contributed by atoms with van der Waals surface area (Å²) in [5, 5.41) is 4.76. The first kappa shape index (κ1) is 19.5. The van der Waals surface area contributed by atoms with Crippen LogP contribution in [0.5, 0.6) is 11.5 Å². The van der Waals surface area contributed by atoms with E-state index in [2.05, 4.69) is 15.0 Å². The molecule has 1 N–H and O–H groups in total. The van der Waals surface area contributed by atoms with Crippen molar-refractivity contribution in [1.82, 2.24) is 10.3 Å². The summed E-state index contributed by atoms with van der Waals surface area (Å²) in [6.07, 6.45) is 0.554. The summed E-state index contributed by atoms with van der Waals surface area (Å²) < 4.78 is 34.9. The number of aryl methyl sites for hydroxylation is 1. The highest BCUT2D eigenvalue weighted by molar-refractivity contribution is 8.01. The van der Waals surface area contributed by atoms with E-state index in [4.69, 9.17) is 4.74 Å². The smallest absolute Gasteiger partial charge is 0.387 e. The average Bonchev–Trinajstić information content (AvgIpc) is 2.99. The van der Waals surface area contributed by atoms with Crippen LogP contribution in [-0.2, 0) is 11.2 Å². The van der Waals surface area contributed by atoms with Gasteiger partial charge in [0.05, 0.1) is 12.9 Å². The van der Waals surface area contributed by atoms with Gasteiger partial charge in [-0.15, -0.1) is 11.3 Å². The Morgan fingerprint density at radius 3 is 2.84 bits per heavy atom. The predicted molar refractivity (Wildman–Crippen MR) is 93.9 cm³/mol. The van der Waals surface area contributed by atoms with Gasteiger partial charge in [0, 0.05) is 17.6 Å². The third-order valence-corrected chi connectivity index (χ3v) is 5.24. The quantitative estimate of drug-likeness (QED) is 0.666. The van der Waals surface area contributed by atoms with Gasteiger partial charge in [-0.25, -0.2) is 4.98 Å². The highest BCUT2D eigenvalue weighted by atomic mass is 32.2. The fourth-order valence-electron chi connectivity index (χ4n) is 1.98. The van der Waals surface area contributed by atoms with Crippen molar-refractivity contribution in [2.45, 2.75) is 24.3 Å². The Morgan fingerprint density at radius 1 is 1.40 bits per heavy atom. The number of rotatable bonds is 9. The molecule has 1 amide bonds. The zero-order valence-electron chi connectivity index (χ0n) is 13.8. The Labute approximate surface area is 152 Å². The fourth-order valence-corrected chi connectivity index (χ4v) is 3.66. The number of thioether (sulfide) groups is 1. The van der Waals surface area contributed by atoms with Gasteiger partial charge < -0.3 is 14.8 Å². The molecule has 0 aliphatic rings. The van der Waals surface area contributed by atoms with E-state index in [0.29, 0.717) is 18.7 Å². The van der Waals surface area contributed by atoms with Crippen molar-refractivity contribution in [3.05, 3.63) is 34.8 Å². The average molecular weight is 388 g/mol. The van der Waals surface area contributed by atoms with E-state index in [1.54, 1.807) is 12.1 Å². The Balaban J connectivity index is 1.77. The van der Waals surface area contributed by atoms with Gasteiger partial charge in [0.15, 0.2) is 15.8 Å². The van der Waals surface area contributed by atoms with Crippen molar-refractivity contribution in [1.29, 1.82) is 0 Å². The number of halogens is 2. The molecular formula is C16H18F2N2O3S2. The van der Waals surface area contributed by atoms with Gasteiger partial charge in [0.25, 0.3) is 0 Å². The maximum absolute atomic E-state index is 12.3. The van der Waals surface area contributed by atoms with Crippen LogP contribution >= 0.6 is 23.1 Å². The molecule has 9 heteroatoms. The summed E-state index contributed by atoms with van der Waals surface area (Å²) in [5.41, 5.74) is 1.79. The highest BCUT2D eigenvalue weighted by Crippen LogP contribution is 2.29. The van der Waals surface area contributed by atoms with Crippen LogP contribution in [0.4, 0.5) is 8.78 Å². The molecule has 0 saturated heterocycles. The molecule has 5 nitrogen and oxygen atoms in total. The largest absolute Gasteiger partial charge is 0.493 e. The second-order valence-electron chi connectivity index (χ2n) is 5.01. The van der Waals surface area contributed by atoms with Crippen molar-refractivity contribution in [2.24, 2.45) is 0 Å². The van der Waals surface area contributed by atoms with Gasteiger partial charge >= 0.3 is 6.61 Å². The summed E-state index contributed by atoms with van der Waals surface area (Å²) in [6.45, 7) is -0.556. The standard InChI is InChI=1S/C16H18F2N2O3S2/c1-10-8-24-16(20-10)25-9-14(21)19-6-5-11-3-4-12(23-15(17)18)13(7-11)22-2/h3-4,7-8,15H,5-6,9H2,1-2H3,(H,19,21). The molecule has 2 rings (SSSR count). The molecule has 0 bridgehead atoms. The molecule has 0 fully saturated rings. The van der Waals surface area contributed by atoms with Crippen molar-refractivity contribution < 1.29 is 23.0 Å². The Hall–Kier alpha value is -1.87. The first-order chi connectivity index (χ1) is 12.0. The number of carbonyl (C=O) groups is 1. The zero-order chi connectivity index (χ0) is 18.2. The minimum atomic E-state index is -2.90. The van der Waals surface area contributed by atoms with Crippen molar-refractivity contribution >= 4 is 29.0 Å².